The number of para-hydroxylation sites is 1. The van der Waals surface area contributed by atoms with Crippen molar-refractivity contribution in [1.29, 1.82) is 0 Å². The average molecular weight is 833 g/mol. The van der Waals surface area contributed by atoms with Gasteiger partial charge in [0.15, 0.2) is 5.84 Å². The van der Waals surface area contributed by atoms with Crippen molar-refractivity contribution in [3.63, 3.8) is 0 Å². The van der Waals surface area contributed by atoms with Crippen molar-refractivity contribution >= 4 is 44.9 Å². The second-order valence-corrected chi connectivity index (χ2v) is 14.4. The van der Waals surface area contributed by atoms with Gasteiger partial charge in [0.05, 0.1) is 27.7 Å². The van der Waals surface area contributed by atoms with E-state index >= 15 is 0 Å². The Hall–Kier alpha value is -7.15. The van der Waals surface area contributed by atoms with E-state index in [9.17, 15) is 39.5 Å². The van der Waals surface area contributed by atoms with Gasteiger partial charge in [-0.15, -0.1) is 0 Å². The van der Waals surface area contributed by atoms with Crippen molar-refractivity contribution in [1.82, 2.24) is 9.88 Å². The molecule has 0 spiro atoms. The fraction of sp³-hybridized carbons (Fsp3) is 0.0833. The second kappa shape index (κ2) is 14.8. The van der Waals surface area contributed by atoms with E-state index in [2.05, 4.69) is 5.32 Å². The Labute approximate surface area is 341 Å². The molecule has 6 aromatic carbocycles. The summed E-state index contributed by atoms with van der Waals surface area (Å²) < 4.78 is 128. The van der Waals surface area contributed by atoms with Crippen LogP contribution in [0.2, 0.25) is 0 Å². The van der Waals surface area contributed by atoms with Crippen LogP contribution in [0, 0.1) is 0 Å². The lowest BCUT2D eigenvalue weighted by atomic mass is 9.96. The Morgan fingerprint density at radius 2 is 1.23 bits per heavy atom. The molecular formula is C48H29F9N4. The lowest BCUT2D eigenvalue weighted by molar-refractivity contribution is -0.142. The van der Waals surface area contributed by atoms with Crippen LogP contribution in [-0.4, -0.2) is 22.4 Å². The molecule has 1 N–H and O–H groups in total. The van der Waals surface area contributed by atoms with Gasteiger partial charge in [-0.2, -0.15) is 39.5 Å². The summed E-state index contributed by atoms with van der Waals surface area (Å²) in [6.07, 6.45) is -11.0. The first-order valence-corrected chi connectivity index (χ1v) is 18.8. The van der Waals surface area contributed by atoms with Crippen molar-refractivity contribution in [2.75, 3.05) is 0 Å². The van der Waals surface area contributed by atoms with Gasteiger partial charge in [-0.3, -0.25) is 0 Å². The quantitative estimate of drug-likeness (QED) is 0.176. The zero-order valence-electron chi connectivity index (χ0n) is 31.5. The SMILES string of the molecule is FC(F)(F)C1=CC(=c2ccc(-n3c4ccccc4c4ccc(-c5ccc(C(F)(F)F)cc5C(F)(F)F)cc43)cc2=C2N=C(c3ccccc3)N=C(c3ccccc3)N2)CC=C1. The molecule has 2 heterocycles. The highest BCUT2D eigenvalue weighted by Gasteiger charge is 2.38. The fourth-order valence-corrected chi connectivity index (χ4v) is 7.72. The molecule has 304 valence electrons. The highest BCUT2D eigenvalue weighted by molar-refractivity contribution is 6.16. The molecule has 0 radical (unpaired) electrons. The zero-order chi connectivity index (χ0) is 42.7. The van der Waals surface area contributed by atoms with Crippen LogP contribution in [0.5, 0.6) is 0 Å². The Morgan fingerprint density at radius 1 is 0.541 bits per heavy atom. The molecule has 0 bridgehead atoms. The van der Waals surface area contributed by atoms with E-state index in [0.717, 1.165) is 23.6 Å². The summed E-state index contributed by atoms with van der Waals surface area (Å²) in [5.41, 5.74) is -0.821. The Bertz CT molecular complexity index is 3130. The summed E-state index contributed by atoms with van der Waals surface area (Å²) in [6, 6.07) is 36.9. The van der Waals surface area contributed by atoms with Gasteiger partial charge < -0.3 is 9.88 Å². The third-order valence-electron chi connectivity index (χ3n) is 10.5. The summed E-state index contributed by atoms with van der Waals surface area (Å²) in [4.78, 5) is 9.77. The van der Waals surface area contributed by atoms with E-state index in [1.165, 1.54) is 18.2 Å². The molecule has 0 amide bonds. The van der Waals surface area contributed by atoms with Crippen molar-refractivity contribution in [2.45, 2.75) is 24.9 Å². The molecule has 0 atom stereocenters. The van der Waals surface area contributed by atoms with Crippen LogP contribution in [-0.2, 0) is 12.4 Å². The van der Waals surface area contributed by atoms with Crippen LogP contribution < -0.4 is 15.8 Å². The largest absolute Gasteiger partial charge is 0.417 e. The number of rotatable bonds is 4. The van der Waals surface area contributed by atoms with Gasteiger partial charge in [0.2, 0.25) is 0 Å². The van der Waals surface area contributed by atoms with Crippen LogP contribution in [0.4, 0.5) is 39.5 Å². The zero-order valence-corrected chi connectivity index (χ0v) is 31.5. The maximum Gasteiger partial charge on any atom is 0.417 e. The smallest absolute Gasteiger partial charge is 0.324 e. The molecule has 9 rings (SSSR count). The first-order valence-electron chi connectivity index (χ1n) is 18.8. The van der Waals surface area contributed by atoms with Crippen LogP contribution >= 0.6 is 0 Å². The topological polar surface area (TPSA) is 41.7 Å². The van der Waals surface area contributed by atoms with Gasteiger partial charge in [-0.25, -0.2) is 9.98 Å². The molecule has 7 aromatic rings. The number of amidine groups is 2. The number of halogens is 9. The predicted octanol–water partition coefficient (Wildman–Crippen LogP) is 11.7. The highest BCUT2D eigenvalue weighted by Crippen LogP contribution is 2.43. The molecule has 0 fully saturated rings. The van der Waals surface area contributed by atoms with Gasteiger partial charge in [-0.1, -0.05) is 115 Å². The number of hydrogen-bond acceptors (Lipinski definition) is 3. The number of nitrogens with one attached hydrogen (secondary N) is 1. The van der Waals surface area contributed by atoms with Crippen LogP contribution in [0.15, 0.2) is 173 Å². The van der Waals surface area contributed by atoms with E-state index in [-0.39, 0.29) is 23.9 Å². The van der Waals surface area contributed by atoms with Gasteiger partial charge in [0, 0.05) is 32.8 Å². The normalized spacial score (nSPS) is 16.6. The second-order valence-electron chi connectivity index (χ2n) is 14.4. The minimum Gasteiger partial charge on any atom is -0.324 e. The monoisotopic (exact) mass is 832 g/mol. The Balaban J connectivity index is 1.34. The lowest BCUT2D eigenvalue weighted by Gasteiger charge is -2.19. The third-order valence-corrected chi connectivity index (χ3v) is 10.5. The molecule has 0 saturated heterocycles. The van der Waals surface area contributed by atoms with Crippen molar-refractivity contribution in [3.8, 4) is 16.8 Å². The minimum absolute atomic E-state index is 0.0213. The molecule has 1 aliphatic carbocycles. The molecule has 0 saturated carbocycles. The molecule has 61 heavy (non-hydrogen) atoms. The van der Waals surface area contributed by atoms with Crippen molar-refractivity contribution in [3.05, 3.63) is 196 Å². The standard InChI is InChI=1S/C48H29F9N4/c49-46(50,51)32-15-9-14-30(24-32)35-23-20-34(27-39(35)45-59-43(28-10-3-1-4-11-28)58-44(60-45)29-12-5-2-6-13-29)61-41-17-8-7-16-37(41)38-21-18-31(25-42(38)61)36-22-19-33(47(52,53)54)26-40(36)48(55,56)57/h1-13,15-27H,14H2,(H,58,59,60). The molecule has 0 unspecified atom stereocenters. The Morgan fingerprint density at radius 3 is 1.93 bits per heavy atom. The highest BCUT2D eigenvalue weighted by atomic mass is 19.4. The maximum atomic E-state index is 14.4. The van der Waals surface area contributed by atoms with Crippen LogP contribution in [0.1, 0.15) is 28.7 Å². The number of allylic oxidation sites excluding steroid dienone is 4. The van der Waals surface area contributed by atoms with Gasteiger partial charge in [0.1, 0.15) is 11.7 Å². The van der Waals surface area contributed by atoms with E-state index in [0.29, 0.717) is 67.0 Å². The molecule has 2 aliphatic rings. The predicted molar refractivity (Wildman–Crippen MR) is 219 cm³/mol. The van der Waals surface area contributed by atoms with E-state index in [4.69, 9.17) is 9.98 Å². The molecule has 1 aliphatic heterocycles. The summed E-state index contributed by atoms with van der Waals surface area (Å²) >= 11 is 0. The molecule has 13 heteroatoms. The maximum absolute atomic E-state index is 14.4. The fourth-order valence-electron chi connectivity index (χ4n) is 7.72. The van der Waals surface area contributed by atoms with E-state index in [1.807, 2.05) is 72.8 Å². The first-order chi connectivity index (χ1) is 29.1. The van der Waals surface area contributed by atoms with E-state index in [1.54, 1.807) is 41.0 Å². The minimum atomic E-state index is -5.11. The summed E-state index contributed by atoms with van der Waals surface area (Å²) in [6.45, 7) is 0. The summed E-state index contributed by atoms with van der Waals surface area (Å²) in [7, 11) is 0. The van der Waals surface area contributed by atoms with Gasteiger partial charge in [0.25, 0.3) is 0 Å². The number of aliphatic imine (C=N–C) groups is 2. The van der Waals surface area contributed by atoms with Crippen LogP contribution in [0.3, 0.4) is 0 Å². The Kier molecular flexibility index (Phi) is 9.57. The van der Waals surface area contributed by atoms with Crippen molar-refractivity contribution in [2.24, 2.45) is 9.98 Å². The number of fused-ring (bicyclic) bond motifs is 3. The number of hydrogen-bond donors (Lipinski definition) is 1. The molecule has 1 aromatic heterocycles. The number of alkyl halides is 9. The average Bonchev–Trinajstić information content (AvgIpc) is 3.59. The third kappa shape index (κ3) is 7.51. The summed E-state index contributed by atoms with van der Waals surface area (Å²) in [5, 5.41) is 5.54. The van der Waals surface area contributed by atoms with E-state index < -0.39 is 40.8 Å². The van der Waals surface area contributed by atoms with Gasteiger partial charge in [-0.05, 0) is 70.8 Å². The number of nitrogens with zero attached hydrogens (tertiary/aromatic N) is 3. The van der Waals surface area contributed by atoms with Crippen LogP contribution in [0.25, 0.3) is 50.0 Å². The molecular weight excluding hydrogens is 804 g/mol. The number of aromatic nitrogens is 1. The number of benzene rings is 6. The first kappa shape index (κ1) is 39.3. The summed E-state index contributed by atoms with van der Waals surface area (Å²) in [5.74, 6) is 1.04. The van der Waals surface area contributed by atoms with Crippen molar-refractivity contribution < 1.29 is 39.5 Å². The molecule has 4 nitrogen and oxygen atoms in total. The lowest BCUT2D eigenvalue weighted by Crippen LogP contribution is -2.38. The van der Waals surface area contributed by atoms with Gasteiger partial charge >= 0.3 is 18.5 Å².